The maximum absolute atomic E-state index is 13.3. The predicted octanol–water partition coefficient (Wildman–Crippen LogP) is 3.40. The molecule has 0 heterocycles. The summed E-state index contributed by atoms with van der Waals surface area (Å²) in [6.07, 6.45) is 1.48. The second-order valence-electron chi connectivity index (χ2n) is 4.21. The van der Waals surface area contributed by atoms with E-state index in [0.717, 1.165) is 6.42 Å². The number of benzene rings is 1. The van der Waals surface area contributed by atoms with Crippen LogP contribution >= 0.6 is 0 Å². The third-order valence-corrected chi connectivity index (χ3v) is 2.43. The minimum absolute atomic E-state index is 0.0122. The lowest BCUT2D eigenvalue weighted by Crippen LogP contribution is -2.15. The monoisotopic (exact) mass is 213 g/mol. The Balaban J connectivity index is 2.77. The van der Waals surface area contributed by atoms with Gasteiger partial charge in [0.05, 0.1) is 0 Å². The van der Waals surface area contributed by atoms with E-state index < -0.39 is 17.7 Å². The summed E-state index contributed by atoms with van der Waals surface area (Å²) in [4.78, 5) is 0. The van der Waals surface area contributed by atoms with E-state index in [2.05, 4.69) is 13.8 Å². The zero-order chi connectivity index (χ0) is 11.4. The molecule has 0 fully saturated rings. The van der Waals surface area contributed by atoms with Crippen LogP contribution in [0.15, 0.2) is 18.2 Å². The molecule has 1 aromatic rings. The van der Waals surface area contributed by atoms with Crippen LogP contribution in [-0.2, 0) is 0 Å². The topological polar surface area (TPSA) is 26.0 Å². The minimum Gasteiger partial charge on any atom is -0.324 e. The normalized spacial score (nSPS) is 13.2. The first kappa shape index (κ1) is 12.1. The molecule has 0 aliphatic carbocycles. The molecule has 0 spiro atoms. The van der Waals surface area contributed by atoms with E-state index in [0.29, 0.717) is 12.3 Å². The summed E-state index contributed by atoms with van der Waals surface area (Å²) in [7, 11) is 0. The van der Waals surface area contributed by atoms with Gasteiger partial charge < -0.3 is 5.73 Å². The van der Waals surface area contributed by atoms with Crippen molar-refractivity contribution in [3.8, 4) is 0 Å². The highest BCUT2D eigenvalue weighted by molar-refractivity contribution is 5.22. The van der Waals surface area contributed by atoms with Crippen LogP contribution in [0.5, 0.6) is 0 Å². The van der Waals surface area contributed by atoms with Gasteiger partial charge in [0.25, 0.3) is 0 Å². The first-order valence-electron chi connectivity index (χ1n) is 5.22. The van der Waals surface area contributed by atoms with Gasteiger partial charge in [-0.1, -0.05) is 19.9 Å². The van der Waals surface area contributed by atoms with Crippen molar-refractivity contribution >= 4 is 0 Å². The van der Waals surface area contributed by atoms with Gasteiger partial charge in [0, 0.05) is 11.6 Å². The maximum Gasteiger partial charge on any atom is 0.130 e. The molecule has 1 unspecified atom stereocenters. The van der Waals surface area contributed by atoms with Gasteiger partial charge in [0.2, 0.25) is 0 Å². The Hall–Kier alpha value is -0.960. The molecule has 0 saturated heterocycles. The van der Waals surface area contributed by atoms with Crippen LogP contribution in [0.1, 0.15) is 38.3 Å². The molecule has 0 aliphatic rings. The van der Waals surface area contributed by atoms with Gasteiger partial charge in [0.15, 0.2) is 0 Å². The van der Waals surface area contributed by atoms with Crippen molar-refractivity contribution < 1.29 is 8.78 Å². The zero-order valence-electron chi connectivity index (χ0n) is 9.13. The molecule has 1 rings (SSSR count). The number of halogens is 2. The van der Waals surface area contributed by atoms with Crippen LogP contribution in [0, 0.1) is 17.6 Å². The zero-order valence-corrected chi connectivity index (χ0v) is 9.13. The molecule has 0 amide bonds. The molecule has 0 aromatic heterocycles. The summed E-state index contributed by atoms with van der Waals surface area (Å²) >= 11 is 0. The maximum atomic E-state index is 13.3. The number of hydrogen-bond donors (Lipinski definition) is 1. The van der Waals surface area contributed by atoms with Crippen LogP contribution < -0.4 is 5.73 Å². The fraction of sp³-hybridized carbons (Fsp3) is 0.500. The molecule has 0 radical (unpaired) electrons. The van der Waals surface area contributed by atoms with Crippen molar-refractivity contribution in [2.24, 2.45) is 11.7 Å². The summed E-state index contributed by atoms with van der Waals surface area (Å²) in [5, 5.41) is 0. The number of nitrogens with two attached hydrogens (primary N) is 1. The van der Waals surface area contributed by atoms with Crippen molar-refractivity contribution in [2.75, 3.05) is 0 Å². The second-order valence-corrected chi connectivity index (χ2v) is 4.21. The Bertz CT molecular complexity index is 303. The van der Waals surface area contributed by atoms with Crippen molar-refractivity contribution in [3.05, 3.63) is 35.4 Å². The fourth-order valence-electron chi connectivity index (χ4n) is 1.52. The van der Waals surface area contributed by atoms with Gasteiger partial charge in [-0.3, -0.25) is 0 Å². The van der Waals surface area contributed by atoms with E-state index in [4.69, 9.17) is 5.73 Å². The largest absolute Gasteiger partial charge is 0.324 e. The molecule has 84 valence electrons. The highest BCUT2D eigenvalue weighted by atomic mass is 19.1. The molecular formula is C12H17F2N. The molecule has 0 saturated carbocycles. The van der Waals surface area contributed by atoms with Crippen molar-refractivity contribution in [1.29, 1.82) is 0 Å². The third-order valence-electron chi connectivity index (χ3n) is 2.43. The van der Waals surface area contributed by atoms with E-state index in [1.165, 1.54) is 18.2 Å². The average Bonchev–Trinajstić information content (AvgIpc) is 2.14. The van der Waals surface area contributed by atoms with Crippen molar-refractivity contribution in [3.63, 3.8) is 0 Å². The van der Waals surface area contributed by atoms with Gasteiger partial charge >= 0.3 is 0 Å². The molecule has 1 nitrogen and oxygen atoms in total. The Kier molecular flexibility index (Phi) is 4.21. The van der Waals surface area contributed by atoms with Gasteiger partial charge in [0.1, 0.15) is 11.6 Å². The first-order chi connectivity index (χ1) is 7.02. The summed E-state index contributed by atoms with van der Waals surface area (Å²) in [5.74, 6) is -0.608. The fourth-order valence-corrected chi connectivity index (χ4v) is 1.52. The van der Waals surface area contributed by atoms with Crippen molar-refractivity contribution in [2.45, 2.75) is 32.7 Å². The lowest BCUT2D eigenvalue weighted by Gasteiger charge is -2.14. The summed E-state index contributed by atoms with van der Waals surface area (Å²) in [6, 6.07) is 3.29. The molecule has 2 N–H and O–H groups in total. The number of hydrogen-bond acceptors (Lipinski definition) is 1. The smallest absolute Gasteiger partial charge is 0.130 e. The standard InChI is InChI=1S/C12H17F2N/c1-8(2)6-7-11(15)12-9(13)4-3-5-10(12)14/h3-5,8,11H,6-7,15H2,1-2H3. The van der Waals surface area contributed by atoms with Gasteiger partial charge in [-0.25, -0.2) is 8.78 Å². The Labute approximate surface area is 89.3 Å². The second kappa shape index (κ2) is 5.21. The van der Waals surface area contributed by atoms with E-state index in [1.54, 1.807) is 0 Å². The lowest BCUT2D eigenvalue weighted by atomic mass is 9.97. The van der Waals surface area contributed by atoms with Crippen molar-refractivity contribution in [1.82, 2.24) is 0 Å². The van der Waals surface area contributed by atoms with Crippen LogP contribution in [0.25, 0.3) is 0 Å². The lowest BCUT2D eigenvalue weighted by molar-refractivity contribution is 0.468. The third kappa shape index (κ3) is 3.27. The first-order valence-corrected chi connectivity index (χ1v) is 5.22. The summed E-state index contributed by atoms with van der Waals surface area (Å²) in [6.45, 7) is 4.12. The van der Waals surface area contributed by atoms with Gasteiger partial charge in [-0.2, -0.15) is 0 Å². The van der Waals surface area contributed by atoms with E-state index in [9.17, 15) is 8.78 Å². The minimum atomic E-state index is -0.550. The molecule has 0 aliphatic heterocycles. The van der Waals surface area contributed by atoms with Crippen LogP contribution in [0.4, 0.5) is 8.78 Å². The highest BCUT2D eigenvalue weighted by Gasteiger charge is 2.16. The summed E-state index contributed by atoms with van der Waals surface area (Å²) < 4.78 is 26.6. The van der Waals surface area contributed by atoms with E-state index in [-0.39, 0.29) is 5.56 Å². The van der Waals surface area contributed by atoms with Crippen LogP contribution in [-0.4, -0.2) is 0 Å². The average molecular weight is 213 g/mol. The molecule has 1 atom stereocenters. The predicted molar refractivity (Wildman–Crippen MR) is 57.4 cm³/mol. The van der Waals surface area contributed by atoms with Gasteiger partial charge in [-0.05, 0) is 30.9 Å². The van der Waals surface area contributed by atoms with Crippen LogP contribution in [0.2, 0.25) is 0 Å². The molecule has 1 aromatic carbocycles. The SMILES string of the molecule is CC(C)CCC(N)c1c(F)cccc1F. The quantitative estimate of drug-likeness (QED) is 0.815. The van der Waals surface area contributed by atoms with E-state index >= 15 is 0 Å². The molecule has 0 bridgehead atoms. The number of rotatable bonds is 4. The molecule has 3 heteroatoms. The Morgan fingerprint density at radius 3 is 2.13 bits per heavy atom. The van der Waals surface area contributed by atoms with Crippen LogP contribution in [0.3, 0.4) is 0 Å². The molecule has 15 heavy (non-hydrogen) atoms. The van der Waals surface area contributed by atoms with E-state index in [1.807, 2.05) is 0 Å². The Morgan fingerprint density at radius 1 is 1.13 bits per heavy atom. The Morgan fingerprint density at radius 2 is 1.67 bits per heavy atom. The highest BCUT2D eigenvalue weighted by Crippen LogP contribution is 2.23. The van der Waals surface area contributed by atoms with Gasteiger partial charge in [-0.15, -0.1) is 0 Å². The molecular weight excluding hydrogens is 196 g/mol. The summed E-state index contributed by atoms with van der Waals surface area (Å²) in [5.41, 5.74) is 5.78.